The van der Waals surface area contributed by atoms with E-state index in [-0.39, 0.29) is 18.3 Å². The van der Waals surface area contributed by atoms with Crippen molar-refractivity contribution >= 4 is 27.6 Å². The van der Waals surface area contributed by atoms with Gasteiger partial charge in [0, 0.05) is 11.5 Å². The van der Waals surface area contributed by atoms with Crippen LogP contribution in [0.3, 0.4) is 0 Å². The summed E-state index contributed by atoms with van der Waals surface area (Å²) in [6.45, 7) is 1.35. The smallest absolute Gasteiger partial charge is 0.257 e. The van der Waals surface area contributed by atoms with Gasteiger partial charge in [0.2, 0.25) is 0 Å². The first-order chi connectivity index (χ1) is 7.54. The van der Waals surface area contributed by atoms with Crippen molar-refractivity contribution in [2.75, 3.05) is 13.7 Å². The number of Topliss-reactive ketones (excluding diaryl/α,β-unsaturated/α-hetero) is 1. The van der Waals surface area contributed by atoms with Crippen LogP contribution in [-0.2, 0) is 4.79 Å². The minimum atomic E-state index is -0.238. The fourth-order valence-corrected chi connectivity index (χ4v) is 1.48. The van der Waals surface area contributed by atoms with E-state index < -0.39 is 0 Å². The second-order valence-electron chi connectivity index (χ2n) is 3.16. The first-order valence-electron chi connectivity index (χ1n) is 4.68. The molecule has 1 aromatic rings. The highest BCUT2D eigenvalue weighted by Crippen LogP contribution is 2.23. The lowest BCUT2D eigenvalue weighted by molar-refractivity contribution is -0.122. The van der Waals surface area contributed by atoms with E-state index in [1.54, 1.807) is 18.2 Å². The number of benzene rings is 1. The predicted octanol–water partition coefficient (Wildman–Crippen LogP) is 1.78. The third kappa shape index (κ3) is 3.34. The Kier molecular flexibility index (Phi) is 4.49. The van der Waals surface area contributed by atoms with Gasteiger partial charge >= 0.3 is 0 Å². The van der Waals surface area contributed by atoms with Crippen molar-refractivity contribution in [1.82, 2.24) is 5.32 Å². The van der Waals surface area contributed by atoms with E-state index in [0.717, 1.165) is 4.47 Å². The molecule has 0 saturated heterocycles. The van der Waals surface area contributed by atoms with E-state index in [4.69, 9.17) is 4.74 Å². The third-order valence-corrected chi connectivity index (χ3v) is 2.45. The Morgan fingerprint density at radius 3 is 2.69 bits per heavy atom. The number of halogens is 1. The Hall–Kier alpha value is -1.36. The maximum Gasteiger partial charge on any atom is 0.257 e. The minimum absolute atomic E-state index is 0.0988. The van der Waals surface area contributed by atoms with Crippen molar-refractivity contribution in [1.29, 1.82) is 0 Å². The minimum Gasteiger partial charge on any atom is -0.483 e. The van der Waals surface area contributed by atoms with Crippen LogP contribution in [0.5, 0.6) is 5.75 Å². The van der Waals surface area contributed by atoms with Gasteiger partial charge < -0.3 is 10.1 Å². The first-order valence-corrected chi connectivity index (χ1v) is 5.47. The summed E-state index contributed by atoms with van der Waals surface area (Å²) in [7, 11) is 1.53. The molecule has 0 atom stereocenters. The molecule has 1 aromatic carbocycles. The molecule has 0 bridgehead atoms. The van der Waals surface area contributed by atoms with Gasteiger partial charge in [-0.3, -0.25) is 9.59 Å². The average Bonchev–Trinajstić information content (AvgIpc) is 2.26. The van der Waals surface area contributed by atoms with Crippen molar-refractivity contribution in [3.63, 3.8) is 0 Å². The Balaban J connectivity index is 2.87. The Bertz CT molecular complexity index is 418. The highest BCUT2D eigenvalue weighted by atomic mass is 79.9. The quantitative estimate of drug-likeness (QED) is 0.858. The number of likely N-dealkylation sites (N-methyl/N-ethyl adjacent to an activating group) is 1. The number of rotatable bonds is 4. The summed E-state index contributed by atoms with van der Waals surface area (Å²) in [5.41, 5.74) is 0.457. The number of ketones is 1. The summed E-state index contributed by atoms with van der Waals surface area (Å²) < 4.78 is 6.05. The van der Waals surface area contributed by atoms with Gasteiger partial charge in [0.25, 0.3) is 5.91 Å². The number of carbonyl (C=O) groups excluding carboxylic acids is 2. The van der Waals surface area contributed by atoms with Gasteiger partial charge in [0.1, 0.15) is 5.75 Å². The Morgan fingerprint density at radius 1 is 1.44 bits per heavy atom. The third-order valence-electron chi connectivity index (χ3n) is 1.96. The summed E-state index contributed by atoms with van der Waals surface area (Å²) >= 11 is 3.27. The fraction of sp³-hybridized carbons (Fsp3) is 0.273. The fourth-order valence-electron chi connectivity index (χ4n) is 1.12. The van der Waals surface area contributed by atoms with Crippen molar-refractivity contribution in [2.45, 2.75) is 6.92 Å². The predicted molar refractivity (Wildman–Crippen MR) is 63.7 cm³/mol. The molecule has 1 N–H and O–H groups in total. The van der Waals surface area contributed by atoms with Crippen LogP contribution in [0.4, 0.5) is 0 Å². The van der Waals surface area contributed by atoms with Crippen molar-refractivity contribution in [3.8, 4) is 5.75 Å². The largest absolute Gasteiger partial charge is 0.483 e. The molecule has 0 aromatic heterocycles. The molecule has 0 heterocycles. The summed E-state index contributed by atoms with van der Waals surface area (Å²) in [4.78, 5) is 22.3. The maximum absolute atomic E-state index is 11.3. The molecule has 0 aliphatic heterocycles. The highest BCUT2D eigenvalue weighted by Gasteiger charge is 2.10. The molecule has 0 aliphatic carbocycles. The van der Waals surface area contributed by atoms with Crippen LogP contribution in [0.15, 0.2) is 22.7 Å². The molecule has 0 saturated carbocycles. The molecule has 0 spiro atoms. The van der Waals surface area contributed by atoms with Crippen LogP contribution in [-0.4, -0.2) is 25.3 Å². The number of hydrogen-bond acceptors (Lipinski definition) is 3. The van der Waals surface area contributed by atoms with Gasteiger partial charge in [-0.15, -0.1) is 0 Å². The molecule has 0 aliphatic rings. The van der Waals surface area contributed by atoms with Crippen molar-refractivity contribution in [3.05, 3.63) is 28.2 Å². The van der Waals surface area contributed by atoms with Gasteiger partial charge in [0.15, 0.2) is 12.4 Å². The van der Waals surface area contributed by atoms with Crippen LogP contribution in [0.2, 0.25) is 0 Å². The number of carbonyl (C=O) groups is 2. The van der Waals surface area contributed by atoms with E-state index in [1.165, 1.54) is 14.0 Å². The lowest BCUT2D eigenvalue weighted by atomic mass is 10.1. The van der Waals surface area contributed by atoms with Gasteiger partial charge in [0.05, 0.1) is 5.56 Å². The zero-order valence-electron chi connectivity index (χ0n) is 9.04. The molecular formula is C11H12BrNO3. The SMILES string of the molecule is CNC(=O)COc1ccc(Br)cc1C(C)=O. The van der Waals surface area contributed by atoms with Gasteiger partial charge in [-0.1, -0.05) is 15.9 Å². The van der Waals surface area contributed by atoms with E-state index in [0.29, 0.717) is 11.3 Å². The van der Waals surface area contributed by atoms with E-state index >= 15 is 0 Å². The Labute approximate surface area is 102 Å². The zero-order valence-corrected chi connectivity index (χ0v) is 10.6. The summed E-state index contributed by atoms with van der Waals surface area (Å²) in [6, 6.07) is 5.08. The summed E-state index contributed by atoms with van der Waals surface area (Å²) in [5, 5.41) is 2.44. The number of nitrogens with one attached hydrogen (secondary N) is 1. The van der Waals surface area contributed by atoms with E-state index in [9.17, 15) is 9.59 Å². The van der Waals surface area contributed by atoms with Crippen LogP contribution in [0, 0.1) is 0 Å². The molecule has 5 heteroatoms. The zero-order chi connectivity index (χ0) is 12.1. The number of ether oxygens (including phenoxy) is 1. The second-order valence-corrected chi connectivity index (χ2v) is 4.07. The van der Waals surface area contributed by atoms with Gasteiger partial charge in [-0.25, -0.2) is 0 Å². The molecule has 0 radical (unpaired) electrons. The second kappa shape index (κ2) is 5.65. The summed E-state index contributed by atoms with van der Waals surface area (Å²) in [5.74, 6) is 0.0740. The van der Waals surface area contributed by atoms with E-state index in [2.05, 4.69) is 21.2 Å². The summed E-state index contributed by atoms with van der Waals surface area (Å²) in [6.07, 6.45) is 0. The monoisotopic (exact) mass is 285 g/mol. The van der Waals surface area contributed by atoms with Crippen molar-refractivity contribution in [2.24, 2.45) is 0 Å². The first kappa shape index (κ1) is 12.7. The molecular weight excluding hydrogens is 274 g/mol. The molecule has 86 valence electrons. The normalized spacial score (nSPS) is 9.69. The molecule has 1 rings (SSSR count). The number of hydrogen-bond donors (Lipinski definition) is 1. The molecule has 16 heavy (non-hydrogen) atoms. The highest BCUT2D eigenvalue weighted by molar-refractivity contribution is 9.10. The topological polar surface area (TPSA) is 55.4 Å². The average molecular weight is 286 g/mol. The maximum atomic E-state index is 11.3. The van der Waals surface area contributed by atoms with Crippen molar-refractivity contribution < 1.29 is 14.3 Å². The van der Waals surface area contributed by atoms with Crippen LogP contribution < -0.4 is 10.1 Å². The van der Waals surface area contributed by atoms with Crippen LogP contribution >= 0.6 is 15.9 Å². The Morgan fingerprint density at radius 2 is 2.12 bits per heavy atom. The molecule has 4 nitrogen and oxygen atoms in total. The number of amides is 1. The lowest BCUT2D eigenvalue weighted by Crippen LogP contribution is -2.25. The van der Waals surface area contributed by atoms with Gasteiger partial charge in [-0.05, 0) is 25.1 Å². The van der Waals surface area contributed by atoms with E-state index in [1.807, 2.05) is 0 Å². The van der Waals surface area contributed by atoms with Gasteiger partial charge in [-0.2, -0.15) is 0 Å². The molecule has 0 fully saturated rings. The van der Waals surface area contributed by atoms with Crippen LogP contribution in [0.25, 0.3) is 0 Å². The molecule has 1 amide bonds. The lowest BCUT2D eigenvalue weighted by Gasteiger charge is -2.09. The van der Waals surface area contributed by atoms with Crippen LogP contribution in [0.1, 0.15) is 17.3 Å². The molecule has 0 unspecified atom stereocenters. The standard InChI is InChI=1S/C11H12BrNO3/c1-7(14)9-5-8(12)3-4-10(9)16-6-11(15)13-2/h3-5H,6H2,1-2H3,(H,13,15).